The van der Waals surface area contributed by atoms with Gasteiger partial charge in [-0.3, -0.25) is 4.79 Å². The summed E-state index contributed by atoms with van der Waals surface area (Å²) in [6.07, 6.45) is 7.64. The number of hydrogen-bond acceptors (Lipinski definition) is 4. The second kappa shape index (κ2) is 8.93. The summed E-state index contributed by atoms with van der Waals surface area (Å²) in [5, 5.41) is 6.94. The zero-order chi connectivity index (χ0) is 15.8. The van der Waals surface area contributed by atoms with Gasteiger partial charge in [-0.15, -0.1) is 0 Å². The predicted octanol–water partition coefficient (Wildman–Crippen LogP) is 2.61. The number of nitrogens with one attached hydrogen (secondary N) is 1. The normalized spacial score (nSPS) is 16.5. The van der Waals surface area contributed by atoms with Gasteiger partial charge in [0.25, 0.3) is 0 Å². The van der Waals surface area contributed by atoms with E-state index in [0.717, 1.165) is 36.5 Å². The first-order valence-electron chi connectivity index (χ1n) is 8.57. The zero-order valence-corrected chi connectivity index (χ0v) is 14.0. The molecule has 1 aliphatic heterocycles. The van der Waals surface area contributed by atoms with E-state index < -0.39 is 0 Å². The van der Waals surface area contributed by atoms with Crippen molar-refractivity contribution >= 4 is 5.91 Å². The molecule has 0 atom stereocenters. The molecule has 1 aliphatic rings. The molecule has 1 aromatic rings. The van der Waals surface area contributed by atoms with Gasteiger partial charge in [0.1, 0.15) is 5.76 Å². The van der Waals surface area contributed by atoms with Gasteiger partial charge in [-0.05, 0) is 59.2 Å². The fourth-order valence-electron chi connectivity index (χ4n) is 3.08. The van der Waals surface area contributed by atoms with Crippen LogP contribution in [-0.4, -0.2) is 42.1 Å². The Hall–Kier alpha value is -1.36. The molecule has 0 aliphatic carbocycles. The highest BCUT2D eigenvalue weighted by molar-refractivity contribution is 5.76. The van der Waals surface area contributed by atoms with Crippen molar-refractivity contribution in [2.45, 2.75) is 58.8 Å². The van der Waals surface area contributed by atoms with Crippen LogP contribution in [-0.2, 0) is 11.2 Å². The molecule has 5 nitrogen and oxygen atoms in total. The summed E-state index contributed by atoms with van der Waals surface area (Å²) in [7, 11) is 0. The first kappa shape index (κ1) is 17.0. The summed E-state index contributed by atoms with van der Waals surface area (Å²) < 4.78 is 5.12. The van der Waals surface area contributed by atoms with Crippen LogP contribution in [0.3, 0.4) is 0 Å². The molecule has 0 spiro atoms. The standard InChI is InChI=1S/C17H29N3O2/c1-14-16(15(2)22-19-14)8-9-17(21)18-10-7-13-20-11-5-3-4-6-12-20/h3-13H2,1-2H3,(H,18,21). The van der Waals surface area contributed by atoms with Gasteiger partial charge < -0.3 is 14.7 Å². The molecule has 0 saturated carbocycles. The molecule has 1 amide bonds. The highest BCUT2D eigenvalue weighted by atomic mass is 16.5. The van der Waals surface area contributed by atoms with E-state index in [0.29, 0.717) is 12.8 Å². The summed E-state index contributed by atoms with van der Waals surface area (Å²) in [6.45, 7) is 8.14. The molecule has 22 heavy (non-hydrogen) atoms. The molecule has 1 N–H and O–H groups in total. The van der Waals surface area contributed by atoms with Crippen LogP contribution >= 0.6 is 0 Å². The van der Waals surface area contributed by atoms with E-state index in [1.54, 1.807) is 0 Å². The number of nitrogens with zero attached hydrogens (tertiary/aromatic N) is 2. The molecule has 5 heteroatoms. The van der Waals surface area contributed by atoms with Crippen LogP contribution in [0.1, 0.15) is 55.5 Å². The minimum absolute atomic E-state index is 0.121. The summed E-state index contributed by atoms with van der Waals surface area (Å²) in [5.41, 5.74) is 1.96. The van der Waals surface area contributed by atoms with Crippen LogP contribution in [0.2, 0.25) is 0 Å². The van der Waals surface area contributed by atoms with Crippen LogP contribution in [0.25, 0.3) is 0 Å². The third-order valence-corrected chi connectivity index (χ3v) is 4.46. The lowest BCUT2D eigenvalue weighted by atomic mass is 10.1. The number of amides is 1. The quantitative estimate of drug-likeness (QED) is 0.787. The van der Waals surface area contributed by atoms with E-state index in [1.807, 2.05) is 13.8 Å². The van der Waals surface area contributed by atoms with Crippen LogP contribution in [0.15, 0.2) is 4.52 Å². The van der Waals surface area contributed by atoms with Gasteiger partial charge in [-0.1, -0.05) is 18.0 Å². The van der Waals surface area contributed by atoms with Gasteiger partial charge in [0.05, 0.1) is 5.69 Å². The summed E-state index contributed by atoms with van der Waals surface area (Å²) in [5.74, 6) is 0.947. The van der Waals surface area contributed by atoms with Crippen molar-refractivity contribution < 1.29 is 9.32 Å². The Labute approximate surface area is 133 Å². The number of hydrogen-bond donors (Lipinski definition) is 1. The smallest absolute Gasteiger partial charge is 0.220 e. The lowest BCUT2D eigenvalue weighted by molar-refractivity contribution is -0.121. The van der Waals surface area contributed by atoms with E-state index in [9.17, 15) is 4.79 Å². The van der Waals surface area contributed by atoms with Crippen molar-refractivity contribution in [1.29, 1.82) is 0 Å². The molecule has 0 unspecified atom stereocenters. The predicted molar refractivity (Wildman–Crippen MR) is 86.8 cm³/mol. The number of rotatable bonds is 7. The van der Waals surface area contributed by atoms with Crippen molar-refractivity contribution in [2.24, 2.45) is 0 Å². The largest absolute Gasteiger partial charge is 0.361 e. The molecule has 2 rings (SSSR count). The number of carbonyl (C=O) groups is 1. The second-order valence-electron chi connectivity index (χ2n) is 6.26. The summed E-state index contributed by atoms with van der Waals surface area (Å²) in [6, 6.07) is 0. The fourth-order valence-corrected chi connectivity index (χ4v) is 3.08. The molecule has 1 saturated heterocycles. The first-order chi connectivity index (χ1) is 10.7. The third kappa shape index (κ3) is 5.44. The molecule has 1 fully saturated rings. The Morgan fingerprint density at radius 3 is 2.59 bits per heavy atom. The van der Waals surface area contributed by atoms with Gasteiger partial charge in [0.2, 0.25) is 5.91 Å². The molecule has 2 heterocycles. The Morgan fingerprint density at radius 2 is 1.95 bits per heavy atom. The number of likely N-dealkylation sites (tertiary alicyclic amines) is 1. The van der Waals surface area contributed by atoms with Crippen LogP contribution in [0.5, 0.6) is 0 Å². The average molecular weight is 307 g/mol. The average Bonchev–Trinajstić information content (AvgIpc) is 2.71. The van der Waals surface area contributed by atoms with Crippen molar-refractivity contribution in [2.75, 3.05) is 26.2 Å². The molecular formula is C17H29N3O2. The monoisotopic (exact) mass is 307 g/mol. The SMILES string of the molecule is Cc1noc(C)c1CCC(=O)NCCCN1CCCCCC1. The van der Waals surface area contributed by atoms with E-state index in [4.69, 9.17) is 4.52 Å². The second-order valence-corrected chi connectivity index (χ2v) is 6.26. The highest BCUT2D eigenvalue weighted by Crippen LogP contribution is 2.14. The van der Waals surface area contributed by atoms with E-state index >= 15 is 0 Å². The van der Waals surface area contributed by atoms with Crippen LogP contribution < -0.4 is 5.32 Å². The molecule has 0 bridgehead atoms. The van der Waals surface area contributed by atoms with Crippen molar-refractivity contribution in [3.05, 3.63) is 17.0 Å². The fraction of sp³-hybridized carbons (Fsp3) is 0.765. The highest BCUT2D eigenvalue weighted by Gasteiger charge is 2.11. The minimum Gasteiger partial charge on any atom is -0.361 e. The van der Waals surface area contributed by atoms with Gasteiger partial charge in [-0.25, -0.2) is 0 Å². The van der Waals surface area contributed by atoms with Crippen molar-refractivity contribution in [3.8, 4) is 0 Å². The van der Waals surface area contributed by atoms with E-state index in [2.05, 4.69) is 15.4 Å². The first-order valence-corrected chi connectivity index (χ1v) is 8.57. The van der Waals surface area contributed by atoms with E-state index in [-0.39, 0.29) is 5.91 Å². The summed E-state index contributed by atoms with van der Waals surface area (Å²) >= 11 is 0. The molecule has 124 valence electrons. The van der Waals surface area contributed by atoms with E-state index in [1.165, 1.54) is 38.8 Å². The Kier molecular flexibility index (Phi) is 6.90. The van der Waals surface area contributed by atoms with Gasteiger partial charge >= 0.3 is 0 Å². The van der Waals surface area contributed by atoms with Gasteiger partial charge in [0.15, 0.2) is 0 Å². The Bertz CT molecular complexity index is 443. The number of aryl methyl sites for hydroxylation is 2. The van der Waals surface area contributed by atoms with Gasteiger partial charge in [0, 0.05) is 18.5 Å². The molecule has 0 aromatic carbocycles. The molecule has 0 radical (unpaired) electrons. The molecule has 1 aromatic heterocycles. The molecular weight excluding hydrogens is 278 g/mol. The maximum Gasteiger partial charge on any atom is 0.220 e. The third-order valence-electron chi connectivity index (χ3n) is 4.46. The van der Waals surface area contributed by atoms with Crippen molar-refractivity contribution in [3.63, 3.8) is 0 Å². The summed E-state index contributed by atoms with van der Waals surface area (Å²) in [4.78, 5) is 14.4. The maximum absolute atomic E-state index is 11.9. The van der Waals surface area contributed by atoms with Gasteiger partial charge in [-0.2, -0.15) is 0 Å². The maximum atomic E-state index is 11.9. The van der Waals surface area contributed by atoms with Crippen LogP contribution in [0.4, 0.5) is 0 Å². The number of aromatic nitrogens is 1. The zero-order valence-electron chi connectivity index (χ0n) is 14.0. The van der Waals surface area contributed by atoms with Crippen molar-refractivity contribution in [1.82, 2.24) is 15.4 Å². The topological polar surface area (TPSA) is 58.4 Å². The minimum atomic E-state index is 0.121. The lowest BCUT2D eigenvalue weighted by Gasteiger charge is -2.19. The Morgan fingerprint density at radius 1 is 1.23 bits per heavy atom. The number of carbonyl (C=O) groups excluding carboxylic acids is 1. The Balaban J connectivity index is 1.57. The van der Waals surface area contributed by atoms with Crippen LogP contribution in [0, 0.1) is 13.8 Å². The lowest BCUT2D eigenvalue weighted by Crippen LogP contribution is -2.30.